The maximum absolute atomic E-state index is 12.1. The van der Waals surface area contributed by atoms with Crippen LogP contribution in [0.25, 0.3) is 0 Å². The minimum absolute atomic E-state index is 0.0147. The van der Waals surface area contributed by atoms with E-state index >= 15 is 0 Å². The molecule has 0 aliphatic heterocycles. The topological polar surface area (TPSA) is 120 Å². The Morgan fingerprint density at radius 2 is 1.88 bits per heavy atom. The zero-order chi connectivity index (χ0) is 19.1. The fourth-order valence-corrected chi connectivity index (χ4v) is 2.82. The first-order chi connectivity index (χ1) is 12.3. The van der Waals surface area contributed by atoms with Crippen LogP contribution in [0.4, 0.5) is 10.5 Å². The zero-order valence-electron chi connectivity index (χ0n) is 14.4. The van der Waals surface area contributed by atoms with Crippen molar-refractivity contribution < 1.29 is 19.5 Å². The van der Waals surface area contributed by atoms with Gasteiger partial charge in [-0.2, -0.15) is 0 Å². The maximum atomic E-state index is 12.1. The highest BCUT2D eigenvalue weighted by molar-refractivity contribution is 7.09. The summed E-state index contributed by atoms with van der Waals surface area (Å²) in [5.74, 6) is -1.31. The summed E-state index contributed by atoms with van der Waals surface area (Å²) < 4.78 is 0. The van der Waals surface area contributed by atoms with Crippen molar-refractivity contribution in [2.75, 3.05) is 11.9 Å². The summed E-state index contributed by atoms with van der Waals surface area (Å²) in [5.41, 5.74) is 1.06. The Labute approximate surface area is 154 Å². The van der Waals surface area contributed by atoms with Crippen LogP contribution in [0.15, 0.2) is 29.6 Å². The second-order valence-electron chi connectivity index (χ2n) is 5.77. The molecule has 0 radical (unpaired) electrons. The number of hydrogen-bond acceptors (Lipinski definition) is 5. The van der Waals surface area contributed by atoms with E-state index < -0.39 is 5.97 Å². The van der Waals surface area contributed by atoms with Gasteiger partial charge in [-0.1, -0.05) is 0 Å². The van der Waals surface area contributed by atoms with Gasteiger partial charge in [0.15, 0.2) is 5.69 Å². The molecule has 26 heavy (non-hydrogen) atoms. The minimum atomic E-state index is -1.06. The molecular formula is C17H20N4O4S. The molecule has 0 aliphatic carbocycles. The van der Waals surface area contributed by atoms with E-state index in [1.54, 1.807) is 24.3 Å². The molecule has 1 aromatic heterocycles. The van der Waals surface area contributed by atoms with Gasteiger partial charge in [0.05, 0.1) is 5.01 Å². The number of carbonyl (C=O) groups is 3. The molecule has 0 bridgehead atoms. The number of anilines is 1. The van der Waals surface area contributed by atoms with Crippen molar-refractivity contribution in [2.24, 2.45) is 0 Å². The Morgan fingerprint density at radius 1 is 1.19 bits per heavy atom. The van der Waals surface area contributed by atoms with Gasteiger partial charge in [0.1, 0.15) is 0 Å². The first kappa shape index (κ1) is 19.4. The van der Waals surface area contributed by atoms with E-state index in [1.807, 2.05) is 13.8 Å². The third kappa shape index (κ3) is 5.85. The number of aromatic carboxylic acids is 1. The van der Waals surface area contributed by atoms with Crippen LogP contribution in [0.5, 0.6) is 0 Å². The molecule has 2 aromatic rings. The van der Waals surface area contributed by atoms with E-state index in [0.29, 0.717) is 29.2 Å². The Morgan fingerprint density at radius 3 is 2.46 bits per heavy atom. The number of hydrogen-bond donors (Lipinski definition) is 4. The summed E-state index contributed by atoms with van der Waals surface area (Å²) in [4.78, 5) is 38.5. The van der Waals surface area contributed by atoms with E-state index in [9.17, 15) is 14.4 Å². The molecule has 4 N–H and O–H groups in total. The van der Waals surface area contributed by atoms with Crippen molar-refractivity contribution in [3.8, 4) is 0 Å². The van der Waals surface area contributed by atoms with E-state index in [4.69, 9.17) is 5.11 Å². The van der Waals surface area contributed by atoms with Crippen LogP contribution in [0.3, 0.4) is 0 Å². The van der Waals surface area contributed by atoms with Crippen LogP contribution in [0, 0.1) is 0 Å². The normalized spacial score (nSPS) is 10.4. The Kier molecular flexibility index (Phi) is 6.67. The average molecular weight is 376 g/mol. The molecule has 1 heterocycles. The van der Waals surface area contributed by atoms with Gasteiger partial charge in [0.25, 0.3) is 5.91 Å². The van der Waals surface area contributed by atoms with Crippen LogP contribution < -0.4 is 16.0 Å². The molecular weight excluding hydrogens is 356 g/mol. The van der Waals surface area contributed by atoms with Gasteiger partial charge in [-0.15, -0.1) is 11.3 Å². The number of urea groups is 1. The smallest absolute Gasteiger partial charge is 0.355 e. The van der Waals surface area contributed by atoms with Crippen LogP contribution >= 0.6 is 11.3 Å². The number of carboxylic acids is 1. The summed E-state index contributed by atoms with van der Waals surface area (Å²) in [5, 5.41) is 19.1. The van der Waals surface area contributed by atoms with Crippen LogP contribution in [0.1, 0.15) is 39.7 Å². The predicted octanol–water partition coefficient (Wildman–Crippen LogP) is 2.34. The number of aromatic nitrogens is 1. The lowest BCUT2D eigenvalue weighted by atomic mass is 10.2. The Hall–Kier alpha value is -2.94. The second kappa shape index (κ2) is 8.95. The number of amides is 3. The Bertz CT molecular complexity index is 786. The zero-order valence-corrected chi connectivity index (χ0v) is 15.2. The fraction of sp³-hybridized carbons (Fsp3) is 0.294. The van der Waals surface area contributed by atoms with E-state index in [1.165, 1.54) is 16.7 Å². The Balaban J connectivity index is 1.81. The lowest BCUT2D eigenvalue weighted by molar-refractivity contribution is 0.0690. The summed E-state index contributed by atoms with van der Waals surface area (Å²) in [6.07, 6.45) is 0.457. The number of carbonyl (C=O) groups excluding carboxylic acids is 2. The van der Waals surface area contributed by atoms with E-state index in [0.717, 1.165) is 0 Å². The van der Waals surface area contributed by atoms with Crippen LogP contribution in [0.2, 0.25) is 0 Å². The molecule has 3 amide bonds. The van der Waals surface area contributed by atoms with Gasteiger partial charge in [0, 0.05) is 35.6 Å². The molecule has 0 saturated carbocycles. The third-order valence-electron chi connectivity index (χ3n) is 3.22. The van der Waals surface area contributed by atoms with Gasteiger partial charge in [-0.05, 0) is 38.1 Å². The summed E-state index contributed by atoms with van der Waals surface area (Å²) in [7, 11) is 0. The SMILES string of the molecule is CC(C)NC(=O)Nc1ccc(C(=O)NCCc2nc(C(=O)O)cs2)cc1. The summed E-state index contributed by atoms with van der Waals surface area (Å²) in [6.45, 7) is 4.07. The molecule has 0 atom stereocenters. The van der Waals surface area contributed by atoms with E-state index in [-0.39, 0.29) is 23.7 Å². The quantitative estimate of drug-likeness (QED) is 0.591. The molecule has 0 fully saturated rings. The molecule has 138 valence electrons. The second-order valence-corrected chi connectivity index (χ2v) is 6.71. The van der Waals surface area contributed by atoms with Crippen molar-refractivity contribution in [3.63, 3.8) is 0 Å². The molecule has 9 heteroatoms. The highest BCUT2D eigenvalue weighted by atomic mass is 32.1. The molecule has 8 nitrogen and oxygen atoms in total. The molecule has 0 aliphatic rings. The molecule has 2 rings (SSSR count). The predicted molar refractivity (Wildman–Crippen MR) is 98.8 cm³/mol. The minimum Gasteiger partial charge on any atom is -0.476 e. The molecule has 0 spiro atoms. The first-order valence-electron chi connectivity index (χ1n) is 7.98. The van der Waals surface area contributed by atoms with Crippen molar-refractivity contribution in [3.05, 3.63) is 45.9 Å². The fourth-order valence-electron chi connectivity index (χ4n) is 2.04. The van der Waals surface area contributed by atoms with Gasteiger partial charge < -0.3 is 21.1 Å². The van der Waals surface area contributed by atoms with Crippen LogP contribution in [-0.2, 0) is 6.42 Å². The standard InChI is InChI=1S/C17H20N4O4S/c1-10(2)19-17(25)20-12-5-3-11(4-6-12)15(22)18-8-7-14-21-13(9-26-14)16(23)24/h3-6,9-10H,7-8H2,1-2H3,(H,18,22)(H,23,24)(H2,19,20,25). The highest BCUT2D eigenvalue weighted by Crippen LogP contribution is 2.11. The number of thiazole rings is 1. The lowest BCUT2D eigenvalue weighted by Crippen LogP contribution is -2.34. The molecule has 0 unspecified atom stereocenters. The number of benzene rings is 1. The van der Waals surface area contributed by atoms with Gasteiger partial charge in [-0.3, -0.25) is 4.79 Å². The number of nitrogens with one attached hydrogen (secondary N) is 3. The number of nitrogens with zero attached hydrogens (tertiary/aromatic N) is 1. The van der Waals surface area contributed by atoms with Crippen LogP contribution in [-0.4, -0.2) is 40.6 Å². The largest absolute Gasteiger partial charge is 0.476 e. The summed E-state index contributed by atoms with van der Waals surface area (Å²) in [6, 6.07) is 6.26. The van der Waals surface area contributed by atoms with Gasteiger partial charge >= 0.3 is 12.0 Å². The average Bonchev–Trinajstić information content (AvgIpc) is 3.04. The molecule has 0 saturated heterocycles. The summed E-state index contributed by atoms with van der Waals surface area (Å²) >= 11 is 1.25. The number of carboxylic acid groups (broad SMARTS) is 1. The van der Waals surface area contributed by atoms with Gasteiger partial charge in [0.2, 0.25) is 0 Å². The van der Waals surface area contributed by atoms with Crippen molar-refractivity contribution in [2.45, 2.75) is 26.3 Å². The highest BCUT2D eigenvalue weighted by Gasteiger charge is 2.10. The monoisotopic (exact) mass is 376 g/mol. The van der Waals surface area contributed by atoms with Crippen molar-refractivity contribution in [1.82, 2.24) is 15.6 Å². The lowest BCUT2D eigenvalue weighted by Gasteiger charge is -2.10. The van der Waals surface area contributed by atoms with Crippen molar-refractivity contribution >= 4 is 34.9 Å². The maximum Gasteiger partial charge on any atom is 0.355 e. The number of rotatable bonds is 7. The van der Waals surface area contributed by atoms with E-state index in [2.05, 4.69) is 20.9 Å². The van der Waals surface area contributed by atoms with Crippen molar-refractivity contribution in [1.29, 1.82) is 0 Å². The molecule has 1 aromatic carbocycles. The van der Waals surface area contributed by atoms with Gasteiger partial charge in [-0.25, -0.2) is 14.6 Å². The first-order valence-corrected chi connectivity index (χ1v) is 8.86. The third-order valence-corrected chi connectivity index (χ3v) is 4.13.